The minimum absolute atomic E-state index is 0.350. The summed E-state index contributed by atoms with van der Waals surface area (Å²) in [5.74, 6) is -0.350. The lowest BCUT2D eigenvalue weighted by Crippen LogP contribution is -2.11. The van der Waals surface area contributed by atoms with Crippen LogP contribution in [0.15, 0.2) is 36.9 Å². The fraction of sp³-hybridized carbons (Fsp3) is 0.100. The molecule has 6 heteroatoms. The molecule has 1 aromatic carbocycles. The molecule has 1 amide bonds. The van der Waals surface area contributed by atoms with Crippen molar-refractivity contribution >= 4 is 27.3 Å². The zero-order chi connectivity index (χ0) is 12.2. The van der Waals surface area contributed by atoms with E-state index in [2.05, 4.69) is 16.6 Å². The van der Waals surface area contributed by atoms with Gasteiger partial charge in [0.15, 0.2) is 0 Å². The minimum atomic E-state index is -3.31. The van der Waals surface area contributed by atoms with Gasteiger partial charge in [0, 0.05) is 5.69 Å². The summed E-state index contributed by atoms with van der Waals surface area (Å²) in [6.07, 6.45) is 2.19. The molecule has 0 heterocycles. The third kappa shape index (κ3) is 4.14. The van der Waals surface area contributed by atoms with E-state index < -0.39 is 10.0 Å². The van der Waals surface area contributed by atoms with Gasteiger partial charge in [0.1, 0.15) is 0 Å². The fourth-order valence-electron chi connectivity index (χ4n) is 1.07. The van der Waals surface area contributed by atoms with Crippen molar-refractivity contribution in [3.05, 3.63) is 36.9 Å². The fourth-order valence-corrected chi connectivity index (χ4v) is 1.62. The van der Waals surface area contributed by atoms with Gasteiger partial charge in [0.05, 0.1) is 11.9 Å². The van der Waals surface area contributed by atoms with Gasteiger partial charge in [0.25, 0.3) is 0 Å². The maximum Gasteiger partial charge on any atom is 0.247 e. The Morgan fingerprint density at radius 2 is 2.00 bits per heavy atom. The first-order chi connectivity index (χ1) is 7.40. The van der Waals surface area contributed by atoms with Crippen molar-refractivity contribution < 1.29 is 13.2 Å². The molecule has 0 bridgehead atoms. The zero-order valence-corrected chi connectivity index (χ0v) is 9.54. The maximum atomic E-state index is 11.0. The standard InChI is InChI=1S/C10H12N2O3S/c1-3-10(13)11-8-5-4-6-9(7-8)12-16(2,14)15/h3-7,12H,1H2,2H3,(H,11,13). The second kappa shape index (κ2) is 4.80. The number of benzene rings is 1. The maximum absolute atomic E-state index is 11.0. The summed E-state index contributed by atoms with van der Waals surface area (Å²) < 4.78 is 24.3. The van der Waals surface area contributed by atoms with Crippen LogP contribution in [0.25, 0.3) is 0 Å². The highest BCUT2D eigenvalue weighted by atomic mass is 32.2. The Kier molecular flexibility index (Phi) is 3.68. The van der Waals surface area contributed by atoms with Crippen LogP contribution in [0.5, 0.6) is 0 Å². The molecule has 0 radical (unpaired) electrons. The van der Waals surface area contributed by atoms with Crippen molar-refractivity contribution in [2.24, 2.45) is 0 Å². The van der Waals surface area contributed by atoms with E-state index in [0.29, 0.717) is 11.4 Å². The van der Waals surface area contributed by atoms with E-state index >= 15 is 0 Å². The van der Waals surface area contributed by atoms with Crippen molar-refractivity contribution in [2.75, 3.05) is 16.3 Å². The van der Waals surface area contributed by atoms with Gasteiger partial charge in [-0.25, -0.2) is 8.42 Å². The van der Waals surface area contributed by atoms with E-state index in [1.54, 1.807) is 18.2 Å². The van der Waals surface area contributed by atoms with Gasteiger partial charge < -0.3 is 5.32 Å². The molecule has 0 saturated heterocycles. The number of carbonyl (C=O) groups is 1. The highest BCUT2D eigenvalue weighted by Gasteiger charge is 2.03. The molecule has 0 aromatic heterocycles. The van der Waals surface area contributed by atoms with Gasteiger partial charge in [-0.05, 0) is 24.3 Å². The van der Waals surface area contributed by atoms with Crippen LogP contribution in [0.3, 0.4) is 0 Å². The first-order valence-electron chi connectivity index (χ1n) is 4.42. The lowest BCUT2D eigenvalue weighted by molar-refractivity contribution is -0.111. The largest absolute Gasteiger partial charge is 0.322 e. The minimum Gasteiger partial charge on any atom is -0.322 e. The molecule has 2 N–H and O–H groups in total. The number of nitrogens with one attached hydrogen (secondary N) is 2. The van der Waals surface area contributed by atoms with Crippen LogP contribution in [0.2, 0.25) is 0 Å². The average molecular weight is 240 g/mol. The first kappa shape index (κ1) is 12.3. The smallest absolute Gasteiger partial charge is 0.247 e. The average Bonchev–Trinajstić information content (AvgIpc) is 2.15. The number of rotatable bonds is 4. The molecule has 0 saturated carbocycles. The molecule has 0 fully saturated rings. The zero-order valence-electron chi connectivity index (χ0n) is 8.73. The van der Waals surface area contributed by atoms with Crippen LogP contribution < -0.4 is 10.0 Å². The molecule has 1 rings (SSSR count). The van der Waals surface area contributed by atoms with Crippen LogP contribution in [-0.2, 0) is 14.8 Å². The summed E-state index contributed by atoms with van der Waals surface area (Å²) in [4.78, 5) is 11.0. The van der Waals surface area contributed by atoms with Crippen molar-refractivity contribution in [1.29, 1.82) is 0 Å². The Morgan fingerprint density at radius 3 is 2.56 bits per heavy atom. The molecular formula is C10H12N2O3S. The second-order valence-corrected chi connectivity index (χ2v) is 4.90. The molecule has 86 valence electrons. The summed E-state index contributed by atoms with van der Waals surface area (Å²) in [5.41, 5.74) is 0.892. The number of hydrogen-bond donors (Lipinski definition) is 2. The van der Waals surface area contributed by atoms with Crippen molar-refractivity contribution in [2.45, 2.75) is 0 Å². The predicted molar refractivity (Wildman–Crippen MR) is 63.7 cm³/mol. The Balaban J connectivity index is 2.87. The van der Waals surface area contributed by atoms with Crippen molar-refractivity contribution in [3.8, 4) is 0 Å². The molecular weight excluding hydrogens is 228 g/mol. The summed E-state index contributed by atoms with van der Waals surface area (Å²) in [6.45, 7) is 3.32. The quantitative estimate of drug-likeness (QED) is 0.776. The molecule has 0 aliphatic carbocycles. The van der Waals surface area contributed by atoms with Crippen LogP contribution in [0.4, 0.5) is 11.4 Å². The van der Waals surface area contributed by atoms with Gasteiger partial charge in [-0.2, -0.15) is 0 Å². The topological polar surface area (TPSA) is 75.3 Å². The third-order valence-corrected chi connectivity index (χ3v) is 2.23. The Hall–Kier alpha value is -1.82. The van der Waals surface area contributed by atoms with E-state index in [0.717, 1.165) is 12.3 Å². The van der Waals surface area contributed by atoms with Crippen LogP contribution in [0.1, 0.15) is 0 Å². The number of carbonyl (C=O) groups excluding carboxylic acids is 1. The third-order valence-electron chi connectivity index (χ3n) is 1.62. The number of amides is 1. The lowest BCUT2D eigenvalue weighted by atomic mass is 10.3. The molecule has 0 atom stereocenters. The summed E-state index contributed by atoms with van der Waals surface area (Å²) in [7, 11) is -3.31. The van der Waals surface area contributed by atoms with E-state index in [1.807, 2.05) is 0 Å². The van der Waals surface area contributed by atoms with Gasteiger partial charge in [-0.1, -0.05) is 12.6 Å². The highest BCUT2D eigenvalue weighted by Crippen LogP contribution is 2.15. The number of sulfonamides is 1. The predicted octanol–water partition coefficient (Wildman–Crippen LogP) is 1.18. The van der Waals surface area contributed by atoms with Gasteiger partial charge in [-0.3, -0.25) is 9.52 Å². The van der Waals surface area contributed by atoms with E-state index in [-0.39, 0.29) is 5.91 Å². The molecule has 5 nitrogen and oxygen atoms in total. The van der Waals surface area contributed by atoms with Gasteiger partial charge >= 0.3 is 0 Å². The van der Waals surface area contributed by atoms with Crippen LogP contribution in [0, 0.1) is 0 Å². The summed E-state index contributed by atoms with van der Waals surface area (Å²) >= 11 is 0. The Bertz CT molecular complexity index is 509. The monoisotopic (exact) mass is 240 g/mol. The molecule has 0 aliphatic rings. The normalized spacial score (nSPS) is 10.6. The summed E-state index contributed by atoms with van der Waals surface area (Å²) in [6, 6.07) is 6.38. The van der Waals surface area contributed by atoms with Gasteiger partial charge in [-0.15, -0.1) is 0 Å². The second-order valence-electron chi connectivity index (χ2n) is 3.15. The Morgan fingerprint density at radius 1 is 1.38 bits per heavy atom. The SMILES string of the molecule is C=CC(=O)Nc1cccc(NS(C)(=O)=O)c1. The van der Waals surface area contributed by atoms with Crippen LogP contribution in [-0.4, -0.2) is 20.6 Å². The van der Waals surface area contributed by atoms with E-state index in [4.69, 9.17) is 0 Å². The molecule has 0 unspecified atom stereocenters. The Labute approximate surface area is 94.2 Å². The van der Waals surface area contributed by atoms with Crippen molar-refractivity contribution in [3.63, 3.8) is 0 Å². The molecule has 0 spiro atoms. The molecule has 0 aliphatic heterocycles. The van der Waals surface area contributed by atoms with E-state index in [1.165, 1.54) is 6.07 Å². The van der Waals surface area contributed by atoms with E-state index in [9.17, 15) is 13.2 Å². The van der Waals surface area contributed by atoms with Gasteiger partial charge in [0.2, 0.25) is 15.9 Å². The number of hydrogen-bond acceptors (Lipinski definition) is 3. The van der Waals surface area contributed by atoms with Crippen LogP contribution >= 0.6 is 0 Å². The number of anilines is 2. The highest BCUT2D eigenvalue weighted by molar-refractivity contribution is 7.92. The lowest BCUT2D eigenvalue weighted by Gasteiger charge is -2.06. The van der Waals surface area contributed by atoms with Crippen molar-refractivity contribution in [1.82, 2.24) is 0 Å². The summed E-state index contributed by atoms with van der Waals surface area (Å²) in [5, 5.41) is 2.53. The first-order valence-corrected chi connectivity index (χ1v) is 6.31. The molecule has 1 aromatic rings. The molecule has 16 heavy (non-hydrogen) atoms.